The Morgan fingerprint density at radius 2 is 2.29 bits per heavy atom. The van der Waals surface area contributed by atoms with Crippen molar-refractivity contribution in [3.63, 3.8) is 0 Å². The number of H-pyrrole nitrogens is 1. The lowest BCUT2D eigenvalue weighted by atomic mass is 10.4. The Balaban J connectivity index is 2.62. The van der Waals surface area contributed by atoms with Gasteiger partial charge in [0.2, 0.25) is 0 Å². The Labute approximate surface area is 78.9 Å². The molecule has 2 rings (SSSR count). The zero-order chi connectivity index (χ0) is 10.2. The maximum atomic E-state index is 11.1. The van der Waals surface area contributed by atoms with Gasteiger partial charge in [-0.05, 0) is 22.6 Å². The predicted octanol–water partition coefficient (Wildman–Crippen LogP) is -1.28. The highest BCUT2D eigenvalue weighted by molar-refractivity contribution is 7.87. The number of nitrogens with two attached hydrogens (primary N) is 1. The summed E-state index contributed by atoms with van der Waals surface area (Å²) in [6.45, 7) is 0. The molecule has 2 aromatic rings. The number of nitrogens with zero attached hydrogens (tertiary/aromatic N) is 4. The van der Waals surface area contributed by atoms with Gasteiger partial charge < -0.3 is 0 Å². The van der Waals surface area contributed by atoms with Gasteiger partial charge in [0.15, 0.2) is 5.82 Å². The summed E-state index contributed by atoms with van der Waals surface area (Å²) in [7, 11) is -3.82. The van der Waals surface area contributed by atoms with E-state index in [0.717, 1.165) is 3.97 Å². The van der Waals surface area contributed by atoms with Crippen LogP contribution in [0.25, 0.3) is 11.5 Å². The van der Waals surface area contributed by atoms with E-state index in [1.165, 1.54) is 18.3 Å². The minimum absolute atomic E-state index is 0.240. The Morgan fingerprint density at radius 1 is 1.50 bits per heavy atom. The molecule has 0 saturated carbocycles. The molecule has 0 atom stereocenters. The number of aromatic amines is 1. The van der Waals surface area contributed by atoms with Crippen molar-refractivity contribution in [3.8, 4) is 11.5 Å². The van der Waals surface area contributed by atoms with Crippen LogP contribution in [0.5, 0.6) is 0 Å². The van der Waals surface area contributed by atoms with Gasteiger partial charge in [0.05, 0.1) is 0 Å². The van der Waals surface area contributed by atoms with Gasteiger partial charge in [-0.1, -0.05) is 0 Å². The van der Waals surface area contributed by atoms with E-state index < -0.39 is 10.2 Å². The van der Waals surface area contributed by atoms with Crippen molar-refractivity contribution in [2.75, 3.05) is 0 Å². The first kappa shape index (κ1) is 8.84. The first-order chi connectivity index (χ1) is 6.59. The monoisotopic (exact) mass is 214 g/mol. The SMILES string of the molecule is NS(=O)(=O)n1cccc1-c1nnn[nH]1. The first-order valence-electron chi connectivity index (χ1n) is 3.54. The standard InChI is InChI=1S/C5H6N6O2S/c6-14(12,13)11-3-1-2-4(11)5-7-9-10-8-5/h1-3H,(H2,6,12,13)(H,7,8,9,10). The molecule has 2 heterocycles. The van der Waals surface area contributed by atoms with Crippen LogP contribution in [0.4, 0.5) is 0 Å². The van der Waals surface area contributed by atoms with Crippen molar-refractivity contribution in [3.05, 3.63) is 18.3 Å². The lowest BCUT2D eigenvalue weighted by molar-refractivity contribution is 0.589. The predicted molar refractivity (Wildman–Crippen MR) is 46.1 cm³/mol. The average molecular weight is 214 g/mol. The number of hydrogen-bond donors (Lipinski definition) is 2. The summed E-state index contributed by atoms with van der Waals surface area (Å²) >= 11 is 0. The topological polar surface area (TPSA) is 120 Å². The van der Waals surface area contributed by atoms with E-state index in [2.05, 4.69) is 20.6 Å². The zero-order valence-corrected chi connectivity index (χ0v) is 7.64. The minimum atomic E-state index is -3.82. The molecule has 14 heavy (non-hydrogen) atoms. The summed E-state index contributed by atoms with van der Waals surface area (Å²) in [6, 6.07) is 3.06. The molecular weight excluding hydrogens is 208 g/mol. The molecule has 0 aliphatic rings. The van der Waals surface area contributed by atoms with Crippen molar-refractivity contribution in [2.24, 2.45) is 5.14 Å². The third kappa shape index (κ3) is 1.38. The molecule has 0 bridgehead atoms. The largest absolute Gasteiger partial charge is 0.302 e. The Kier molecular flexibility index (Phi) is 1.82. The zero-order valence-electron chi connectivity index (χ0n) is 6.82. The number of nitrogens with one attached hydrogen (secondary N) is 1. The van der Waals surface area contributed by atoms with Crippen LogP contribution in [-0.4, -0.2) is 33.0 Å². The molecule has 0 radical (unpaired) electrons. The van der Waals surface area contributed by atoms with Gasteiger partial charge in [0, 0.05) is 6.20 Å². The second kappa shape index (κ2) is 2.89. The van der Waals surface area contributed by atoms with Gasteiger partial charge in [0.1, 0.15) is 5.69 Å². The number of rotatable bonds is 2. The van der Waals surface area contributed by atoms with Gasteiger partial charge in [0.25, 0.3) is 0 Å². The van der Waals surface area contributed by atoms with E-state index in [0.29, 0.717) is 0 Å². The molecule has 0 saturated heterocycles. The smallest absolute Gasteiger partial charge is 0.238 e. The van der Waals surface area contributed by atoms with Crippen LogP contribution in [0.2, 0.25) is 0 Å². The van der Waals surface area contributed by atoms with Gasteiger partial charge in [-0.15, -0.1) is 5.10 Å². The molecule has 3 N–H and O–H groups in total. The number of tetrazole rings is 1. The molecule has 2 aromatic heterocycles. The van der Waals surface area contributed by atoms with Gasteiger partial charge in [-0.3, -0.25) is 0 Å². The second-order valence-corrected chi connectivity index (χ2v) is 3.91. The fourth-order valence-corrected chi connectivity index (χ4v) is 1.70. The molecule has 9 heteroatoms. The summed E-state index contributed by atoms with van der Waals surface area (Å²) in [5.41, 5.74) is 0.289. The van der Waals surface area contributed by atoms with E-state index >= 15 is 0 Å². The highest BCUT2D eigenvalue weighted by Crippen LogP contribution is 2.14. The maximum Gasteiger partial charge on any atom is 0.302 e. The highest BCUT2D eigenvalue weighted by Gasteiger charge is 2.14. The van der Waals surface area contributed by atoms with E-state index in [9.17, 15) is 8.42 Å². The molecule has 0 amide bonds. The molecule has 0 spiro atoms. The van der Waals surface area contributed by atoms with E-state index in [-0.39, 0.29) is 11.5 Å². The summed E-state index contributed by atoms with van der Waals surface area (Å²) in [4.78, 5) is 0. The third-order valence-corrected chi connectivity index (χ3v) is 2.44. The summed E-state index contributed by atoms with van der Waals surface area (Å²) in [6.07, 6.45) is 1.31. The van der Waals surface area contributed by atoms with Crippen molar-refractivity contribution in [1.29, 1.82) is 0 Å². The van der Waals surface area contributed by atoms with Crippen LogP contribution < -0.4 is 5.14 Å². The highest BCUT2D eigenvalue weighted by atomic mass is 32.2. The van der Waals surface area contributed by atoms with Crippen LogP contribution >= 0.6 is 0 Å². The first-order valence-corrected chi connectivity index (χ1v) is 5.04. The molecule has 0 aromatic carbocycles. The van der Waals surface area contributed by atoms with Crippen LogP contribution in [0.3, 0.4) is 0 Å². The number of hydrogen-bond acceptors (Lipinski definition) is 5. The van der Waals surface area contributed by atoms with Crippen molar-refractivity contribution in [2.45, 2.75) is 0 Å². The molecule has 0 unspecified atom stereocenters. The van der Waals surface area contributed by atoms with Crippen LogP contribution in [0, 0.1) is 0 Å². The van der Waals surface area contributed by atoms with E-state index in [4.69, 9.17) is 5.14 Å². The molecule has 0 aliphatic heterocycles. The fraction of sp³-hybridized carbons (Fsp3) is 0. The van der Waals surface area contributed by atoms with Crippen molar-refractivity contribution >= 4 is 10.2 Å². The summed E-state index contributed by atoms with van der Waals surface area (Å²) in [5, 5.41) is 17.6. The third-order valence-electron chi connectivity index (χ3n) is 1.58. The van der Waals surface area contributed by atoms with Crippen LogP contribution in [0.15, 0.2) is 18.3 Å². The Hall–Kier alpha value is -1.74. The molecule has 8 nitrogen and oxygen atoms in total. The van der Waals surface area contributed by atoms with Gasteiger partial charge in [-0.2, -0.15) is 8.42 Å². The molecule has 74 valence electrons. The Morgan fingerprint density at radius 3 is 2.86 bits per heavy atom. The summed E-state index contributed by atoms with van der Waals surface area (Å²) in [5.74, 6) is 0.240. The fourth-order valence-electron chi connectivity index (χ4n) is 1.04. The normalized spacial score (nSPS) is 11.8. The van der Waals surface area contributed by atoms with E-state index in [1.54, 1.807) is 0 Å². The maximum absolute atomic E-state index is 11.1. The van der Waals surface area contributed by atoms with E-state index in [1.807, 2.05) is 0 Å². The van der Waals surface area contributed by atoms with Gasteiger partial charge >= 0.3 is 10.2 Å². The van der Waals surface area contributed by atoms with Crippen LogP contribution in [0.1, 0.15) is 0 Å². The molecular formula is C5H6N6O2S. The Bertz CT molecular complexity index is 526. The van der Waals surface area contributed by atoms with Crippen molar-refractivity contribution < 1.29 is 8.42 Å². The number of aromatic nitrogens is 5. The lowest BCUT2D eigenvalue weighted by Crippen LogP contribution is -2.21. The summed E-state index contributed by atoms with van der Waals surface area (Å²) < 4.78 is 23.0. The quantitative estimate of drug-likeness (QED) is 0.645. The molecule has 0 aliphatic carbocycles. The van der Waals surface area contributed by atoms with Crippen molar-refractivity contribution in [1.82, 2.24) is 24.6 Å². The average Bonchev–Trinajstić information content (AvgIpc) is 2.73. The second-order valence-electron chi connectivity index (χ2n) is 2.48. The van der Waals surface area contributed by atoms with Crippen LogP contribution in [-0.2, 0) is 10.2 Å². The van der Waals surface area contributed by atoms with Gasteiger partial charge in [-0.25, -0.2) is 14.2 Å². The lowest BCUT2D eigenvalue weighted by Gasteiger charge is -2.01. The minimum Gasteiger partial charge on any atom is -0.238 e. The molecule has 0 fully saturated rings.